The highest BCUT2D eigenvalue weighted by Gasteiger charge is 2.08. The van der Waals surface area contributed by atoms with E-state index in [1.807, 2.05) is 12.1 Å². The molecule has 1 rings (SSSR count). The molecule has 96 valence electrons. The van der Waals surface area contributed by atoms with Crippen molar-refractivity contribution in [3.63, 3.8) is 0 Å². The Hall–Kier alpha value is -1.88. The Morgan fingerprint density at radius 3 is 2.83 bits per heavy atom. The molecular formula is C13H17N3OS. The molecule has 4 nitrogen and oxygen atoms in total. The molecule has 1 amide bonds. The molecule has 0 heterocycles. The van der Waals surface area contributed by atoms with Crippen LogP contribution >= 0.6 is 12.2 Å². The standard InChI is InChI=1S/C13H17N3OS/c1-4-8-14-13(18)15-11-7-5-6-10(9-11)12(17)16(2)3/h4-7,9H,1,8H2,2-3H3,(H2,14,15,18). The summed E-state index contributed by atoms with van der Waals surface area (Å²) in [4.78, 5) is 13.3. The van der Waals surface area contributed by atoms with Gasteiger partial charge in [0.25, 0.3) is 5.91 Å². The lowest BCUT2D eigenvalue weighted by atomic mass is 10.2. The Bertz CT molecular complexity index is 457. The fourth-order valence-corrected chi connectivity index (χ4v) is 1.53. The molecule has 0 atom stereocenters. The van der Waals surface area contributed by atoms with Crippen LogP contribution in [0.4, 0.5) is 5.69 Å². The van der Waals surface area contributed by atoms with E-state index in [0.29, 0.717) is 17.2 Å². The summed E-state index contributed by atoms with van der Waals surface area (Å²) in [5.74, 6) is -0.0383. The van der Waals surface area contributed by atoms with Crippen molar-refractivity contribution in [2.24, 2.45) is 0 Å². The summed E-state index contributed by atoms with van der Waals surface area (Å²) in [7, 11) is 3.44. The summed E-state index contributed by atoms with van der Waals surface area (Å²) in [6.07, 6.45) is 1.72. The zero-order chi connectivity index (χ0) is 13.5. The van der Waals surface area contributed by atoms with E-state index in [-0.39, 0.29) is 5.91 Å². The van der Waals surface area contributed by atoms with E-state index in [0.717, 1.165) is 5.69 Å². The normalized spacial score (nSPS) is 9.44. The summed E-state index contributed by atoms with van der Waals surface area (Å²) < 4.78 is 0. The third-order valence-corrected chi connectivity index (χ3v) is 2.43. The Kier molecular flexibility index (Phi) is 5.32. The lowest BCUT2D eigenvalue weighted by Crippen LogP contribution is -2.28. The Morgan fingerprint density at radius 2 is 2.22 bits per heavy atom. The van der Waals surface area contributed by atoms with Crippen LogP contribution in [-0.2, 0) is 0 Å². The van der Waals surface area contributed by atoms with Gasteiger partial charge in [-0.25, -0.2) is 0 Å². The molecule has 0 saturated heterocycles. The lowest BCUT2D eigenvalue weighted by Gasteiger charge is -2.12. The van der Waals surface area contributed by atoms with Crippen LogP contribution in [0.2, 0.25) is 0 Å². The van der Waals surface area contributed by atoms with Gasteiger partial charge in [-0.1, -0.05) is 12.1 Å². The van der Waals surface area contributed by atoms with Gasteiger partial charge in [0, 0.05) is 31.9 Å². The largest absolute Gasteiger partial charge is 0.359 e. The molecule has 0 radical (unpaired) electrons. The Morgan fingerprint density at radius 1 is 1.50 bits per heavy atom. The van der Waals surface area contributed by atoms with Gasteiger partial charge < -0.3 is 15.5 Å². The van der Waals surface area contributed by atoms with Crippen molar-refractivity contribution in [2.75, 3.05) is 26.0 Å². The van der Waals surface area contributed by atoms with Crippen molar-refractivity contribution in [1.82, 2.24) is 10.2 Å². The minimum absolute atomic E-state index is 0.0383. The number of amides is 1. The van der Waals surface area contributed by atoms with Gasteiger partial charge in [-0.15, -0.1) is 6.58 Å². The Balaban J connectivity index is 2.73. The van der Waals surface area contributed by atoms with Crippen molar-refractivity contribution >= 4 is 28.9 Å². The van der Waals surface area contributed by atoms with Crippen molar-refractivity contribution in [2.45, 2.75) is 0 Å². The van der Waals surface area contributed by atoms with E-state index in [2.05, 4.69) is 17.2 Å². The van der Waals surface area contributed by atoms with Crippen LogP contribution in [0.3, 0.4) is 0 Å². The van der Waals surface area contributed by atoms with Crippen LogP contribution < -0.4 is 10.6 Å². The first-order valence-corrected chi connectivity index (χ1v) is 5.93. The molecule has 0 spiro atoms. The number of benzene rings is 1. The highest BCUT2D eigenvalue weighted by molar-refractivity contribution is 7.80. The monoisotopic (exact) mass is 263 g/mol. The average molecular weight is 263 g/mol. The van der Waals surface area contributed by atoms with Crippen LogP contribution in [0.15, 0.2) is 36.9 Å². The SMILES string of the molecule is C=CCNC(=S)Nc1cccc(C(=O)N(C)C)c1. The minimum Gasteiger partial charge on any atom is -0.359 e. The molecule has 0 fully saturated rings. The number of hydrogen-bond acceptors (Lipinski definition) is 2. The van der Waals surface area contributed by atoms with Crippen molar-refractivity contribution < 1.29 is 4.79 Å². The molecule has 0 unspecified atom stereocenters. The first-order chi connectivity index (χ1) is 8.54. The van der Waals surface area contributed by atoms with Crippen LogP contribution in [0.25, 0.3) is 0 Å². The molecule has 0 aromatic heterocycles. The van der Waals surface area contributed by atoms with Gasteiger partial charge in [0.15, 0.2) is 5.11 Å². The number of carbonyl (C=O) groups excluding carboxylic acids is 1. The van der Waals surface area contributed by atoms with Crippen molar-refractivity contribution in [3.05, 3.63) is 42.5 Å². The molecule has 0 aliphatic heterocycles. The molecule has 18 heavy (non-hydrogen) atoms. The molecule has 1 aromatic rings. The van der Waals surface area contributed by atoms with E-state index < -0.39 is 0 Å². The molecule has 2 N–H and O–H groups in total. The van der Waals surface area contributed by atoms with Gasteiger partial charge in [-0.3, -0.25) is 4.79 Å². The molecule has 0 saturated carbocycles. The highest BCUT2D eigenvalue weighted by Crippen LogP contribution is 2.11. The quantitative estimate of drug-likeness (QED) is 0.643. The zero-order valence-corrected chi connectivity index (χ0v) is 11.4. The number of nitrogens with zero attached hydrogens (tertiary/aromatic N) is 1. The molecule has 1 aromatic carbocycles. The summed E-state index contributed by atoms with van der Waals surface area (Å²) >= 11 is 5.10. The van der Waals surface area contributed by atoms with E-state index in [1.165, 1.54) is 4.90 Å². The second kappa shape index (κ2) is 6.76. The zero-order valence-electron chi connectivity index (χ0n) is 10.6. The number of thiocarbonyl (C=S) groups is 1. The van der Waals surface area contributed by atoms with E-state index in [4.69, 9.17) is 12.2 Å². The highest BCUT2D eigenvalue weighted by atomic mass is 32.1. The summed E-state index contributed by atoms with van der Waals surface area (Å²) in [5.41, 5.74) is 1.40. The third kappa shape index (κ3) is 4.18. The van der Waals surface area contributed by atoms with Gasteiger partial charge in [0.05, 0.1) is 0 Å². The summed E-state index contributed by atoms with van der Waals surface area (Å²) in [6.45, 7) is 4.20. The minimum atomic E-state index is -0.0383. The number of carbonyl (C=O) groups is 1. The smallest absolute Gasteiger partial charge is 0.253 e. The summed E-state index contributed by atoms with van der Waals surface area (Å²) in [6, 6.07) is 7.21. The fraction of sp³-hybridized carbons (Fsp3) is 0.231. The molecule has 0 aliphatic rings. The number of rotatable bonds is 4. The first kappa shape index (κ1) is 14.2. The maximum atomic E-state index is 11.8. The van der Waals surface area contributed by atoms with Gasteiger partial charge in [-0.2, -0.15) is 0 Å². The van der Waals surface area contributed by atoms with Crippen LogP contribution in [0.5, 0.6) is 0 Å². The van der Waals surface area contributed by atoms with Crippen molar-refractivity contribution in [1.29, 1.82) is 0 Å². The number of nitrogens with one attached hydrogen (secondary N) is 2. The van der Waals surface area contributed by atoms with E-state index >= 15 is 0 Å². The van der Waals surface area contributed by atoms with Crippen LogP contribution in [-0.4, -0.2) is 36.6 Å². The second-order valence-electron chi connectivity index (χ2n) is 3.90. The predicted octanol–water partition coefficient (Wildman–Crippen LogP) is 1.86. The maximum Gasteiger partial charge on any atom is 0.253 e. The molecule has 0 bridgehead atoms. The fourth-order valence-electron chi connectivity index (χ4n) is 1.33. The van der Waals surface area contributed by atoms with Crippen LogP contribution in [0, 0.1) is 0 Å². The Labute approximate surface area is 113 Å². The average Bonchev–Trinajstić information content (AvgIpc) is 2.35. The maximum absolute atomic E-state index is 11.8. The topological polar surface area (TPSA) is 44.4 Å². The van der Waals surface area contributed by atoms with Crippen LogP contribution in [0.1, 0.15) is 10.4 Å². The molecule has 0 aliphatic carbocycles. The van der Waals surface area contributed by atoms with E-state index in [1.54, 1.807) is 32.3 Å². The predicted molar refractivity (Wildman–Crippen MR) is 78.9 cm³/mol. The van der Waals surface area contributed by atoms with E-state index in [9.17, 15) is 4.79 Å². The molecule has 5 heteroatoms. The number of anilines is 1. The molecular weight excluding hydrogens is 246 g/mol. The van der Waals surface area contributed by atoms with Gasteiger partial charge in [0.2, 0.25) is 0 Å². The first-order valence-electron chi connectivity index (χ1n) is 5.52. The second-order valence-corrected chi connectivity index (χ2v) is 4.31. The van der Waals surface area contributed by atoms with Gasteiger partial charge in [0.1, 0.15) is 0 Å². The number of hydrogen-bond donors (Lipinski definition) is 2. The third-order valence-electron chi connectivity index (χ3n) is 2.18. The van der Waals surface area contributed by atoms with Gasteiger partial charge >= 0.3 is 0 Å². The van der Waals surface area contributed by atoms with Gasteiger partial charge in [-0.05, 0) is 30.4 Å². The summed E-state index contributed by atoms with van der Waals surface area (Å²) in [5, 5.41) is 6.48. The van der Waals surface area contributed by atoms with Crippen molar-refractivity contribution in [3.8, 4) is 0 Å². The lowest BCUT2D eigenvalue weighted by molar-refractivity contribution is 0.0827.